The molecule has 0 saturated heterocycles. The summed E-state index contributed by atoms with van der Waals surface area (Å²) in [5.41, 5.74) is 2.88. The Labute approximate surface area is 175 Å². The Morgan fingerprint density at radius 1 is 1.20 bits per heavy atom. The first-order valence-electron chi connectivity index (χ1n) is 10.4. The number of carbonyl (C=O) groups excluding carboxylic acids is 1. The second-order valence-electron chi connectivity index (χ2n) is 8.01. The smallest absolute Gasteiger partial charge is 0.270 e. The average Bonchev–Trinajstić information content (AvgIpc) is 3.19. The van der Waals surface area contributed by atoms with Gasteiger partial charge < -0.3 is 10.3 Å². The Hall–Kier alpha value is -3.19. The number of nitro benzene ring substituents is 1. The van der Waals surface area contributed by atoms with Crippen LogP contribution in [0.3, 0.4) is 0 Å². The van der Waals surface area contributed by atoms with Crippen molar-refractivity contribution < 1.29 is 9.72 Å². The first-order chi connectivity index (χ1) is 14.5. The van der Waals surface area contributed by atoms with Crippen LogP contribution in [0.15, 0.2) is 48.7 Å². The summed E-state index contributed by atoms with van der Waals surface area (Å²) in [4.78, 5) is 29.0. The SMILES string of the molecule is CN(Cc1ccccc1NC(=O)c1c[nH]c2ccc([N+](=O)[O-])cc12)C1CCCCC1. The molecule has 4 rings (SSSR count). The van der Waals surface area contributed by atoms with E-state index in [-0.39, 0.29) is 11.6 Å². The van der Waals surface area contributed by atoms with Crippen molar-refractivity contribution >= 4 is 28.2 Å². The van der Waals surface area contributed by atoms with Crippen LogP contribution in [0.5, 0.6) is 0 Å². The van der Waals surface area contributed by atoms with E-state index >= 15 is 0 Å². The van der Waals surface area contributed by atoms with Crippen LogP contribution in [0.4, 0.5) is 11.4 Å². The molecule has 7 heteroatoms. The second kappa shape index (κ2) is 8.67. The van der Waals surface area contributed by atoms with Crippen LogP contribution in [0.25, 0.3) is 10.9 Å². The third-order valence-corrected chi connectivity index (χ3v) is 6.00. The molecule has 1 aliphatic carbocycles. The zero-order valence-corrected chi connectivity index (χ0v) is 17.1. The molecule has 1 fully saturated rings. The van der Waals surface area contributed by atoms with Gasteiger partial charge in [-0.2, -0.15) is 0 Å². The van der Waals surface area contributed by atoms with E-state index < -0.39 is 4.92 Å². The van der Waals surface area contributed by atoms with Gasteiger partial charge in [0.25, 0.3) is 11.6 Å². The highest BCUT2D eigenvalue weighted by atomic mass is 16.6. The molecule has 1 amide bonds. The molecule has 0 bridgehead atoms. The predicted molar refractivity (Wildman–Crippen MR) is 118 cm³/mol. The number of rotatable bonds is 6. The van der Waals surface area contributed by atoms with Crippen molar-refractivity contribution in [3.05, 3.63) is 69.9 Å². The van der Waals surface area contributed by atoms with E-state index in [9.17, 15) is 14.9 Å². The molecule has 1 heterocycles. The van der Waals surface area contributed by atoms with Gasteiger partial charge in [0.15, 0.2) is 0 Å². The van der Waals surface area contributed by atoms with E-state index in [0.29, 0.717) is 22.5 Å². The van der Waals surface area contributed by atoms with Crippen LogP contribution < -0.4 is 5.32 Å². The Bertz CT molecular complexity index is 1070. The minimum Gasteiger partial charge on any atom is -0.360 e. The average molecular weight is 406 g/mol. The van der Waals surface area contributed by atoms with Crippen molar-refractivity contribution in [3.8, 4) is 0 Å². The van der Waals surface area contributed by atoms with Gasteiger partial charge in [0.1, 0.15) is 0 Å². The van der Waals surface area contributed by atoms with Crippen LogP contribution in [0.2, 0.25) is 0 Å². The molecule has 0 unspecified atom stereocenters. The number of benzene rings is 2. The first-order valence-corrected chi connectivity index (χ1v) is 10.4. The van der Waals surface area contributed by atoms with Crippen LogP contribution in [-0.2, 0) is 6.54 Å². The van der Waals surface area contributed by atoms with Crippen molar-refractivity contribution in [2.24, 2.45) is 0 Å². The van der Waals surface area contributed by atoms with Crippen molar-refractivity contribution in [2.45, 2.75) is 44.7 Å². The Morgan fingerprint density at radius 3 is 2.73 bits per heavy atom. The number of aromatic amines is 1. The number of nitrogens with zero attached hydrogens (tertiary/aromatic N) is 2. The number of fused-ring (bicyclic) bond motifs is 1. The number of para-hydroxylation sites is 1. The lowest BCUT2D eigenvalue weighted by Gasteiger charge is -2.31. The van der Waals surface area contributed by atoms with Gasteiger partial charge in [0.2, 0.25) is 0 Å². The second-order valence-corrected chi connectivity index (χ2v) is 8.01. The number of amides is 1. The number of hydrogen-bond donors (Lipinski definition) is 2. The molecule has 0 aliphatic heterocycles. The quantitative estimate of drug-likeness (QED) is 0.440. The number of nitro groups is 1. The number of non-ortho nitro benzene ring substituents is 1. The minimum absolute atomic E-state index is 0.0364. The lowest BCUT2D eigenvalue weighted by molar-refractivity contribution is -0.384. The summed E-state index contributed by atoms with van der Waals surface area (Å²) in [5.74, 6) is -0.283. The van der Waals surface area contributed by atoms with Crippen LogP contribution >= 0.6 is 0 Å². The summed E-state index contributed by atoms with van der Waals surface area (Å²) in [5, 5.41) is 14.7. The summed E-state index contributed by atoms with van der Waals surface area (Å²) >= 11 is 0. The molecule has 0 spiro atoms. The van der Waals surface area contributed by atoms with Crippen molar-refractivity contribution in [1.82, 2.24) is 9.88 Å². The number of aromatic nitrogens is 1. The largest absolute Gasteiger partial charge is 0.360 e. The van der Waals surface area contributed by atoms with E-state index in [1.807, 2.05) is 24.3 Å². The fourth-order valence-corrected chi connectivity index (χ4v) is 4.30. The topological polar surface area (TPSA) is 91.3 Å². The van der Waals surface area contributed by atoms with Gasteiger partial charge in [0.05, 0.1) is 10.5 Å². The number of carbonyl (C=O) groups is 1. The zero-order chi connectivity index (χ0) is 21.1. The lowest BCUT2D eigenvalue weighted by atomic mass is 9.94. The number of H-pyrrole nitrogens is 1. The van der Waals surface area contributed by atoms with Gasteiger partial charge in [-0.3, -0.25) is 19.8 Å². The maximum Gasteiger partial charge on any atom is 0.270 e. The van der Waals surface area contributed by atoms with Gasteiger partial charge in [-0.05, 0) is 37.6 Å². The summed E-state index contributed by atoms with van der Waals surface area (Å²) in [6.07, 6.45) is 7.92. The molecule has 3 aromatic rings. The molecule has 7 nitrogen and oxygen atoms in total. The van der Waals surface area contributed by atoms with Crippen LogP contribution in [-0.4, -0.2) is 33.8 Å². The van der Waals surface area contributed by atoms with Gasteiger partial charge >= 0.3 is 0 Å². The molecule has 156 valence electrons. The summed E-state index contributed by atoms with van der Waals surface area (Å²) in [6.45, 7) is 0.764. The molecule has 30 heavy (non-hydrogen) atoms. The zero-order valence-electron chi connectivity index (χ0n) is 17.1. The molecular formula is C23H26N4O3. The lowest BCUT2D eigenvalue weighted by Crippen LogP contribution is -2.33. The van der Waals surface area contributed by atoms with E-state index in [0.717, 1.165) is 17.8 Å². The molecule has 1 saturated carbocycles. The predicted octanol–water partition coefficient (Wildman–Crippen LogP) is 5.09. The maximum atomic E-state index is 13.0. The van der Waals surface area contributed by atoms with Crippen molar-refractivity contribution in [2.75, 3.05) is 12.4 Å². The Balaban J connectivity index is 1.54. The highest BCUT2D eigenvalue weighted by molar-refractivity contribution is 6.13. The highest BCUT2D eigenvalue weighted by Crippen LogP contribution is 2.27. The van der Waals surface area contributed by atoms with Crippen LogP contribution in [0.1, 0.15) is 48.0 Å². The fraction of sp³-hybridized carbons (Fsp3) is 0.348. The van der Waals surface area contributed by atoms with E-state index in [1.165, 1.54) is 44.2 Å². The summed E-state index contributed by atoms with van der Waals surface area (Å²) in [6, 6.07) is 12.9. The molecule has 1 aromatic heterocycles. The van der Waals surface area contributed by atoms with Crippen LogP contribution in [0, 0.1) is 10.1 Å². The first kappa shape index (κ1) is 20.1. The molecule has 0 atom stereocenters. The fourth-order valence-electron chi connectivity index (χ4n) is 4.30. The maximum absolute atomic E-state index is 13.0. The van der Waals surface area contributed by atoms with Crippen molar-refractivity contribution in [1.29, 1.82) is 0 Å². The third kappa shape index (κ3) is 4.21. The van der Waals surface area contributed by atoms with Gasteiger partial charge in [0, 0.05) is 47.5 Å². The van der Waals surface area contributed by atoms with E-state index in [4.69, 9.17) is 0 Å². The van der Waals surface area contributed by atoms with Gasteiger partial charge in [-0.25, -0.2) is 0 Å². The normalized spacial score (nSPS) is 14.9. The highest BCUT2D eigenvalue weighted by Gasteiger charge is 2.20. The standard InChI is InChI=1S/C23H26N4O3/c1-26(17-8-3-2-4-9-17)15-16-7-5-6-10-21(16)25-23(28)20-14-24-22-12-11-18(27(29)30)13-19(20)22/h5-7,10-14,17,24H,2-4,8-9,15H2,1H3,(H,25,28). The monoisotopic (exact) mass is 406 g/mol. The third-order valence-electron chi connectivity index (χ3n) is 6.00. The Kier molecular flexibility index (Phi) is 5.81. The summed E-state index contributed by atoms with van der Waals surface area (Å²) < 4.78 is 0. The van der Waals surface area contributed by atoms with E-state index in [1.54, 1.807) is 12.3 Å². The molecule has 1 aliphatic rings. The summed E-state index contributed by atoms with van der Waals surface area (Å²) in [7, 11) is 2.15. The molecule has 2 aromatic carbocycles. The minimum atomic E-state index is -0.454. The van der Waals surface area contributed by atoms with Crippen molar-refractivity contribution in [3.63, 3.8) is 0 Å². The van der Waals surface area contributed by atoms with Gasteiger partial charge in [-0.1, -0.05) is 37.5 Å². The molecule has 2 N–H and O–H groups in total. The number of anilines is 1. The number of hydrogen-bond acceptors (Lipinski definition) is 4. The number of nitrogens with one attached hydrogen (secondary N) is 2. The molecular weight excluding hydrogens is 380 g/mol. The Morgan fingerprint density at radius 2 is 1.97 bits per heavy atom. The van der Waals surface area contributed by atoms with Gasteiger partial charge in [-0.15, -0.1) is 0 Å². The molecule has 0 radical (unpaired) electrons. The van der Waals surface area contributed by atoms with E-state index in [2.05, 4.69) is 22.2 Å².